The molecule has 0 radical (unpaired) electrons. The van der Waals surface area contributed by atoms with Gasteiger partial charge in [-0.05, 0) is 36.2 Å². The molecular formula is C20H25NO6S. The monoisotopic (exact) mass is 407 g/mol. The quantitative estimate of drug-likeness (QED) is 0.445. The lowest BCUT2D eigenvalue weighted by Crippen LogP contribution is -2.32. The van der Waals surface area contributed by atoms with Crippen LogP contribution in [0, 0.1) is 0 Å². The summed E-state index contributed by atoms with van der Waals surface area (Å²) in [5, 5.41) is 0. The maximum Gasteiger partial charge on any atom is 0.306 e. The minimum Gasteiger partial charge on any atom is -0.496 e. The summed E-state index contributed by atoms with van der Waals surface area (Å²) in [4.78, 5) is 14.8. The van der Waals surface area contributed by atoms with E-state index in [0.29, 0.717) is 37.4 Å². The van der Waals surface area contributed by atoms with Gasteiger partial charge in [0.2, 0.25) is 0 Å². The molecule has 0 aliphatic rings. The summed E-state index contributed by atoms with van der Waals surface area (Å²) in [6.45, 7) is 1.41. The lowest BCUT2D eigenvalue weighted by atomic mass is 10.1. The van der Waals surface area contributed by atoms with Crippen LogP contribution in [-0.2, 0) is 21.4 Å². The first-order chi connectivity index (χ1) is 13.3. The van der Waals surface area contributed by atoms with Crippen LogP contribution in [0.25, 0.3) is 0 Å². The minimum absolute atomic E-state index is 0.148. The van der Waals surface area contributed by atoms with E-state index in [1.54, 1.807) is 54.5 Å². The highest BCUT2D eigenvalue weighted by Gasteiger charge is 2.19. The number of rotatable bonds is 10. The Morgan fingerprint density at radius 3 is 2.32 bits per heavy atom. The van der Waals surface area contributed by atoms with E-state index >= 15 is 0 Å². The van der Waals surface area contributed by atoms with Crippen molar-refractivity contribution in [2.75, 3.05) is 33.6 Å². The first kappa shape index (κ1) is 21.7. The van der Waals surface area contributed by atoms with Crippen LogP contribution in [0.5, 0.6) is 11.5 Å². The van der Waals surface area contributed by atoms with Gasteiger partial charge in [0, 0.05) is 26.8 Å². The van der Waals surface area contributed by atoms with Gasteiger partial charge < -0.3 is 18.6 Å². The van der Waals surface area contributed by atoms with Gasteiger partial charge in [-0.25, -0.2) is 0 Å². The summed E-state index contributed by atoms with van der Waals surface area (Å²) >= 11 is 0. The standard InChI is InChI=1S/C20H25NO6S/c1-25-14-6-13-21(20(22)18-7-4-5-8-19(18)26-2)15-16-9-11-17(12-10-16)27-28(3,23)24/h4-5,7-12H,6,13-15H2,1-3H3. The number of amides is 1. The molecule has 0 unspecified atom stereocenters. The van der Waals surface area contributed by atoms with Crippen LogP contribution in [0.4, 0.5) is 0 Å². The third-order valence-corrected chi connectivity index (χ3v) is 4.44. The molecule has 0 spiro atoms. The molecule has 2 rings (SSSR count). The van der Waals surface area contributed by atoms with Crippen LogP contribution < -0.4 is 8.92 Å². The molecule has 8 heteroatoms. The minimum atomic E-state index is -3.58. The highest BCUT2D eigenvalue weighted by atomic mass is 32.2. The first-order valence-electron chi connectivity index (χ1n) is 8.73. The molecule has 0 N–H and O–H groups in total. The number of ether oxygens (including phenoxy) is 2. The van der Waals surface area contributed by atoms with Gasteiger partial charge in [0.25, 0.3) is 5.91 Å². The van der Waals surface area contributed by atoms with Gasteiger partial charge in [-0.1, -0.05) is 24.3 Å². The number of para-hydroxylation sites is 1. The predicted molar refractivity (Wildman–Crippen MR) is 106 cm³/mol. The zero-order valence-corrected chi connectivity index (χ0v) is 17.1. The van der Waals surface area contributed by atoms with Crippen LogP contribution in [0.15, 0.2) is 48.5 Å². The SMILES string of the molecule is COCCCN(Cc1ccc(OS(C)(=O)=O)cc1)C(=O)c1ccccc1OC. The van der Waals surface area contributed by atoms with E-state index in [4.69, 9.17) is 13.7 Å². The van der Waals surface area contributed by atoms with E-state index in [-0.39, 0.29) is 11.7 Å². The molecule has 7 nitrogen and oxygen atoms in total. The van der Waals surface area contributed by atoms with Crippen LogP contribution in [0.3, 0.4) is 0 Å². The second-order valence-electron chi connectivity index (χ2n) is 6.20. The fourth-order valence-electron chi connectivity index (χ4n) is 2.69. The number of benzene rings is 2. The zero-order chi connectivity index (χ0) is 20.6. The molecule has 28 heavy (non-hydrogen) atoms. The number of carbonyl (C=O) groups is 1. The first-order valence-corrected chi connectivity index (χ1v) is 10.6. The van der Waals surface area contributed by atoms with Crippen molar-refractivity contribution in [1.82, 2.24) is 4.90 Å². The summed E-state index contributed by atoms with van der Waals surface area (Å²) in [6, 6.07) is 13.7. The number of hydrogen-bond acceptors (Lipinski definition) is 6. The molecule has 0 fully saturated rings. The molecule has 0 aromatic heterocycles. The second kappa shape index (κ2) is 10.1. The van der Waals surface area contributed by atoms with E-state index in [9.17, 15) is 13.2 Å². The summed E-state index contributed by atoms with van der Waals surface area (Å²) < 4.78 is 37.7. The average Bonchev–Trinajstić information content (AvgIpc) is 2.67. The van der Waals surface area contributed by atoms with E-state index in [1.165, 1.54) is 7.11 Å². The van der Waals surface area contributed by atoms with Gasteiger partial charge in [-0.3, -0.25) is 4.79 Å². The number of carbonyl (C=O) groups excluding carboxylic acids is 1. The fraction of sp³-hybridized carbons (Fsp3) is 0.350. The number of hydrogen-bond donors (Lipinski definition) is 0. The Morgan fingerprint density at radius 1 is 1.04 bits per heavy atom. The lowest BCUT2D eigenvalue weighted by Gasteiger charge is -2.24. The Labute approximate surface area is 166 Å². The average molecular weight is 407 g/mol. The van der Waals surface area contributed by atoms with Crippen molar-refractivity contribution in [3.05, 3.63) is 59.7 Å². The maximum absolute atomic E-state index is 13.1. The summed E-state index contributed by atoms with van der Waals surface area (Å²) in [5.74, 6) is 0.597. The molecule has 0 aliphatic heterocycles. The van der Waals surface area contributed by atoms with E-state index in [2.05, 4.69) is 0 Å². The molecular weight excluding hydrogens is 382 g/mol. The Hall–Kier alpha value is -2.58. The van der Waals surface area contributed by atoms with Crippen molar-refractivity contribution in [3.63, 3.8) is 0 Å². The third-order valence-electron chi connectivity index (χ3n) is 3.95. The van der Waals surface area contributed by atoms with Crippen LogP contribution in [-0.4, -0.2) is 52.9 Å². The molecule has 0 heterocycles. The van der Waals surface area contributed by atoms with Crippen LogP contribution in [0.1, 0.15) is 22.3 Å². The third kappa shape index (κ3) is 6.54. The van der Waals surface area contributed by atoms with E-state index in [0.717, 1.165) is 11.8 Å². The normalized spacial score (nSPS) is 11.1. The van der Waals surface area contributed by atoms with Gasteiger partial charge in [0.05, 0.1) is 18.9 Å². The van der Waals surface area contributed by atoms with Crippen molar-refractivity contribution in [2.24, 2.45) is 0 Å². The Kier molecular flexibility index (Phi) is 7.83. The molecule has 2 aromatic rings. The molecule has 0 aliphatic carbocycles. The van der Waals surface area contributed by atoms with Crippen molar-refractivity contribution in [3.8, 4) is 11.5 Å². The van der Waals surface area contributed by atoms with Crippen molar-refractivity contribution >= 4 is 16.0 Å². The van der Waals surface area contributed by atoms with Gasteiger partial charge in [-0.2, -0.15) is 8.42 Å². The van der Waals surface area contributed by atoms with Gasteiger partial charge >= 0.3 is 10.1 Å². The van der Waals surface area contributed by atoms with E-state index in [1.807, 2.05) is 6.07 Å². The fourth-order valence-corrected chi connectivity index (χ4v) is 3.15. The number of methoxy groups -OCH3 is 2. The summed E-state index contributed by atoms with van der Waals surface area (Å²) in [6.07, 6.45) is 1.68. The molecule has 1 amide bonds. The van der Waals surface area contributed by atoms with Gasteiger partial charge in [0.1, 0.15) is 11.5 Å². The topological polar surface area (TPSA) is 82.1 Å². The highest BCUT2D eigenvalue weighted by molar-refractivity contribution is 7.86. The smallest absolute Gasteiger partial charge is 0.306 e. The van der Waals surface area contributed by atoms with Crippen LogP contribution >= 0.6 is 0 Å². The Morgan fingerprint density at radius 2 is 1.71 bits per heavy atom. The van der Waals surface area contributed by atoms with Crippen molar-refractivity contribution < 1.29 is 26.9 Å². The van der Waals surface area contributed by atoms with Crippen LogP contribution in [0.2, 0.25) is 0 Å². The molecule has 0 atom stereocenters. The molecule has 152 valence electrons. The lowest BCUT2D eigenvalue weighted by molar-refractivity contribution is 0.0720. The zero-order valence-electron chi connectivity index (χ0n) is 16.3. The van der Waals surface area contributed by atoms with Gasteiger partial charge in [-0.15, -0.1) is 0 Å². The van der Waals surface area contributed by atoms with Crippen molar-refractivity contribution in [1.29, 1.82) is 0 Å². The molecule has 2 aromatic carbocycles. The molecule has 0 bridgehead atoms. The number of nitrogens with zero attached hydrogens (tertiary/aromatic N) is 1. The molecule has 0 saturated heterocycles. The van der Waals surface area contributed by atoms with E-state index < -0.39 is 10.1 Å². The van der Waals surface area contributed by atoms with Gasteiger partial charge in [0.15, 0.2) is 0 Å². The Balaban J connectivity index is 2.19. The highest BCUT2D eigenvalue weighted by Crippen LogP contribution is 2.21. The summed E-state index contributed by atoms with van der Waals surface area (Å²) in [7, 11) is -0.430. The second-order valence-corrected chi connectivity index (χ2v) is 7.78. The predicted octanol–water partition coefficient (Wildman–Crippen LogP) is 2.71. The largest absolute Gasteiger partial charge is 0.496 e. The Bertz CT molecular complexity index is 880. The maximum atomic E-state index is 13.1. The van der Waals surface area contributed by atoms with Crippen molar-refractivity contribution in [2.45, 2.75) is 13.0 Å². The molecule has 0 saturated carbocycles. The summed E-state index contributed by atoms with van der Waals surface area (Å²) in [5.41, 5.74) is 1.33.